The van der Waals surface area contributed by atoms with Gasteiger partial charge in [-0.2, -0.15) is 0 Å². The van der Waals surface area contributed by atoms with Gasteiger partial charge in [0.15, 0.2) is 0 Å². The van der Waals surface area contributed by atoms with E-state index in [1.54, 1.807) is 13.4 Å². The molecule has 0 saturated heterocycles. The van der Waals surface area contributed by atoms with Crippen LogP contribution in [0.1, 0.15) is 22.7 Å². The van der Waals surface area contributed by atoms with Crippen LogP contribution >= 0.6 is 0 Å². The molecule has 0 spiro atoms. The van der Waals surface area contributed by atoms with E-state index in [0.29, 0.717) is 26.1 Å². The van der Waals surface area contributed by atoms with Gasteiger partial charge in [0.1, 0.15) is 17.1 Å². The van der Waals surface area contributed by atoms with Gasteiger partial charge in [-0.15, -0.1) is 0 Å². The van der Waals surface area contributed by atoms with Crippen molar-refractivity contribution in [2.75, 3.05) is 7.11 Å². The number of imidazole rings is 1. The number of carbonyl (C=O) groups excluding carboxylic acids is 1. The van der Waals surface area contributed by atoms with Crippen LogP contribution < -0.4 is 10.1 Å². The molecule has 2 aromatic carbocycles. The average molecular weight is 416 g/mol. The number of furan rings is 1. The molecule has 0 bridgehead atoms. The molecule has 7 heteroatoms. The Morgan fingerprint density at radius 3 is 2.90 bits per heavy atom. The number of rotatable bonds is 6. The van der Waals surface area contributed by atoms with Crippen LogP contribution in [0.2, 0.25) is 0 Å². The van der Waals surface area contributed by atoms with Crippen LogP contribution in [0.5, 0.6) is 5.75 Å². The van der Waals surface area contributed by atoms with E-state index >= 15 is 0 Å². The summed E-state index contributed by atoms with van der Waals surface area (Å²) >= 11 is 0. The van der Waals surface area contributed by atoms with Gasteiger partial charge < -0.3 is 19.5 Å². The van der Waals surface area contributed by atoms with E-state index < -0.39 is 0 Å². The van der Waals surface area contributed by atoms with Gasteiger partial charge >= 0.3 is 0 Å². The summed E-state index contributed by atoms with van der Waals surface area (Å²) < 4.78 is 11.2. The zero-order valence-corrected chi connectivity index (χ0v) is 17.3. The molecular weight excluding hydrogens is 392 g/mol. The number of amides is 1. The molecule has 7 nitrogen and oxygen atoms in total. The lowest BCUT2D eigenvalue weighted by Crippen LogP contribution is -2.49. The molecule has 4 aromatic rings. The van der Waals surface area contributed by atoms with E-state index in [2.05, 4.69) is 20.2 Å². The Morgan fingerprint density at radius 1 is 1.26 bits per heavy atom. The van der Waals surface area contributed by atoms with Crippen LogP contribution in [0.4, 0.5) is 0 Å². The van der Waals surface area contributed by atoms with Gasteiger partial charge in [0.2, 0.25) is 5.91 Å². The molecule has 2 aromatic heterocycles. The number of aromatic amines is 1. The SMILES string of the molecule is COc1ccc(CNC(=O)C2Cc3nc[nH]c3CN2Cc2cc3ccccc3o2)cc1. The highest BCUT2D eigenvalue weighted by atomic mass is 16.5. The van der Waals surface area contributed by atoms with Crippen LogP contribution in [0.25, 0.3) is 11.0 Å². The molecule has 1 aliphatic rings. The summed E-state index contributed by atoms with van der Waals surface area (Å²) in [7, 11) is 1.64. The van der Waals surface area contributed by atoms with Crippen molar-refractivity contribution in [2.45, 2.75) is 32.1 Å². The van der Waals surface area contributed by atoms with E-state index in [4.69, 9.17) is 9.15 Å². The predicted octanol–water partition coefficient (Wildman–Crippen LogP) is 3.41. The lowest BCUT2D eigenvalue weighted by atomic mass is 10.0. The van der Waals surface area contributed by atoms with Crippen molar-refractivity contribution >= 4 is 16.9 Å². The van der Waals surface area contributed by atoms with E-state index in [9.17, 15) is 4.79 Å². The average Bonchev–Trinajstić information content (AvgIpc) is 3.43. The smallest absolute Gasteiger partial charge is 0.238 e. The van der Waals surface area contributed by atoms with E-state index in [0.717, 1.165) is 39.4 Å². The van der Waals surface area contributed by atoms with Gasteiger partial charge in [-0.3, -0.25) is 9.69 Å². The van der Waals surface area contributed by atoms with Gasteiger partial charge in [-0.05, 0) is 29.8 Å². The first-order valence-corrected chi connectivity index (χ1v) is 10.3. The summed E-state index contributed by atoms with van der Waals surface area (Å²) in [5.41, 5.74) is 3.88. The number of fused-ring (bicyclic) bond motifs is 2. The number of para-hydroxylation sites is 1. The fourth-order valence-corrected chi connectivity index (χ4v) is 4.08. The number of nitrogens with zero attached hydrogens (tertiary/aromatic N) is 2. The molecular formula is C24H24N4O3. The molecule has 0 radical (unpaired) electrons. The Balaban J connectivity index is 1.33. The Kier molecular flexibility index (Phi) is 5.18. The summed E-state index contributed by atoms with van der Waals surface area (Å²) in [5, 5.41) is 4.15. The van der Waals surface area contributed by atoms with E-state index in [-0.39, 0.29) is 11.9 Å². The highest BCUT2D eigenvalue weighted by molar-refractivity contribution is 5.82. The topological polar surface area (TPSA) is 83.4 Å². The van der Waals surface area contributed by atoms with Crippen molar-refractivity contribution in [3.63, 3.8) is 0 Å². The first-order chi connectivity index (χ1) is 15.2. The van der Waals surface area contributed by atoms with Gasteiger partial charge in [0.05, 0.1) is 37.4 Å². The van der Waals surface area contributed by atoms with Gasteiger partial charge in [-0.25, -0.2) is 4.98 Å². The minimum absolute atomic E-state index is 0.0134. The second-order valence-corrected chi connectivity index (χ2v) is 7.77. The number of hydrogen-bond acceptors (Lipinski definition) is 5. The van der Waals surface area contributed by atoms with Crippen molar-refractivity contribution in [1.82, 2.24) is 20.2 Å². The second kappa shape index (κ2) is 8.28. The monoisotopic (exact) mass is 416 g/mol. The number of aromatic nitrogens is 2. The molecule has 3 heterocycles. The molecule has 0 fully saturated rings. The summed E-state index contributed by atoms with van der Waals surface area (Å²) in [6.07, 6.45) is 2.26. The van der Waals surface area contributed by atoms with E-state index in [1.165, 1.54) is 0 Å². The highest BCUT2D eigenvalue weighted by Gasteiger charge is 2.33. The number of H-pyrrole nitrogens is 1. The number of nitrogens with one attached hydrogen (secondary N) is 2. The maximum absolute atomic E-state index is 13.2. The highest BCUT2D eigenvalue weighted by Crippen LogP contribution is 2.26. The third kappa shape index (κ3) is 4.04. The molecule has 0 saturated carbocycles. The molecule has 1 unspecified atom stereocenters. The largest absolute Gasteiger partial charge is 0.497 e. The molecule has 2 N–H and O–H groups in total. The lowest BCUT2D eigenvalue weighted by Gasteiger charge is -2.33. The summed E-state index contributed by atoms with van der Waals surface area (Å²) in [4.78, 5) is 22.9. The number of carbonyl (C=O) groups is 1. The zero-order chi connectivity index (χ0) is 21.2. The molecule has 1 amide bonds. The summed E-state index contributed by atoms with van der Waals surface area (Å²) in [6.45, 7) is 1.63. The van der Waals surface area contributed by atoms with Crippen LogP contribution in [0, 0.1) is 0 Å². The fourth-order valence-electron chi connectivity index (χ4n) is 4.08. The van der Waals surface area contributed by atoms with Crippen LogP contribution in [-0.2, 0) is 30.8 Å². The van der Waals surface area contributed by atoms with Gasteiger partial charge in [0, 0.05) is 24.9 Å². The van der Waals surface area contributed by atoms with Crippen molar-refractivity contribution < 1.29 is 13.9 Å². The third-order valence-corrected chi connectivity index (χ3v) is 5.76. The Bertz CT molecular complexity index is 1160. The second-order valence-electron chi connectivity index (χ2n) is 7.77. The van der Waals surface area contributed by atoms with E-state index in [1.807, 2.05) is 54.6 Å². The normalized spacial score (nSPS) is 16.2. The molecule has 31 heavy (non-hydrogen) atoms. The zero-order valence-electron chi connectivity index (χ0n) is 17.3. The number of hydrogen-bond donors (Lipinski definition) is 2. The lowest BCUT2D eigenvalue weighted by molar-refractivity contribution is -0.127. The van der Waals surface area contributed by atoms with Crippen LogP contribution in [0.15, 0.2) is 65.3 Å². The molecule has 0 aliphatic carbocycles. The Hall–Kier alpha value is -3.58. The van der Waals surface area contributed by atoms with Gasteiger partial charge in [0.25, 0.3) is 0 Å². The maximum Gasteiger partial charge on any atom is 0.238 e. The quantitative estimate of drug-likeness (QED) is 0.503. The van der Waals surface area contributed by atoms with Crippen LogP contribution in [0.3, 0.4) is 0 Å². The van der Waals surface area contributed by atoms with Crippen molar-refractivity contribution in [2.24, 2.45) is 0 Å². The van der Waals surface area contributed by atoms with Crippen molar-refractivity contribution in [3.05, 3.63) is 83.6 Å². The number of methoxy groups -OCH3 is 1. The Labute approximate surface area is 180 Å². The third-order valence-electron chi connectivity index (χ3n) is 5.76. The minimum atomic E-state index is -0.317. The van der Waals surface area contributed by atoms with Crippen molar-refractivity contribution in [3.8, 4) is 5.75 Å². The summed E-state index contributed by atoms with van der Waals surface area (Å²) in [6, 6.07) is 17.4. The Morgan fingerprint density at radius 2 is 2.10 bits per heavy atom. The fraction of sp³-hybridized carbons (Fsp3) is 0.250. The minimum Gasteiger partial charge on any atom is -0.497 e. The first kappa shape index (κ1) is 19.4. The predicted molar refractivity (Wildman–Crippen MR) is 116 cm³/mol. The molecule has 158 valence electrons. The number of benzene rings is 2. The number of ether oxygens (including phenoxy) is 1. The van der Waals surface area contributed by atoms with Crippen molar-refractivity contribution in [1.29, 1.82) is 0 Å². The standard InChI is InChI=1S/C24H24N4O3/c1-30-18-8-6-16(7-9-18)12-25-24(29)22-11-20-21(27-15-26-20)14-28(22)13-19-10-17-4-2-3-5-23(17)31-19/h2-10,15,22H,11-14H2,1H3,(H,25,29)(H,26,27). The maximum atomic E-state index is 13.2. The molecule has 1 aliphatic heterocycles. The van der Waals surface area contributed by atoms with Crippen LogP contribution in [-0.4, -0.2) is 33.9 Å². The van der Waals surface area contributed by atoms with Gasteiger partial charge in [-0.1, -0.05) is 30.3 Å². The molecule has 1 atom stereocenters. The first-order valence-electron chi connectivity index (χ1n) is 10.3. The molecule has 5 rings (SSSR count). The summed E-state index contributed by atoms with van der Waals surface area (Å²) in [5.74, 6) is 1.63.